The van der Waals surface area contributed by atoms with Crippen LogP contribution in [-0.4, -0.2) is 17.4 Å². The fourth-order valence-corrected chi connectivity index (χ4v) is 0.532. The van der Waals surface area contributed by atoms with Crippen molar-refractivity contribution in [2.24, 2.45) is 0 Å². The summed E-state index contributed by atoms with van der Waals surface area (Å²) in [6.45, 7) is 0.789. The van der Waals surface area contributed by atoms with Crippen molar-refractivity contribution in [3.8, 4) is 0 Å². The van der Waals surface area contributed by atoms with Gasteiger partial charge in [0.1, 0.15) is 10.8 Å². The van der Waals surface area contributed by atoms with Crippen molar-refractivity contribution in [2.75, 3.05) is 6.61 Å². The van der Waals surface area contributed by atoms with Crippen LogP contribution in [-0.2, 0) is 4.74 Å². The zero-order valence-electron chi connectivity index (χ0n) is 3.10. The minimum absolute atomic E-state index is 0.0926. The van der Waals surface area contributed by atoms with Crippen LogP contribution in [0.1, 0.15) is 0 Å². The van der Waals surface area contributed by atoms with Crippen LogP contribution in [0.15, 0.2) is 0 Å². The van der Waals surface area contributed by atoms with Crippen LogP contribution in [0.25, 0.3) is 0 Å². The molecule has 0 aromatic carbocycles. The van der Waals surface area contributed by atoms with Gasteiger partial charge in [0.15, 0.2) is 0 Å². The molecule has 3 heteroatoms. The highest BCUT2D eigenvalue weighted by Gasteiger charge is 2.28. The summed E-state index contributed by atoms with van der Waals surface area (Å²) < 4.78 is 4.67. The van der Waals surface area contributed by atoms with E-state index in [-0.39, 0.29) is 10.8 Å². The number of hydrogen-bond acceptors (Lipinski definition) is 2. The fourth-order valence-electron chi connectivity index (χ4n) is 0.214. The smallest absolute Gasteiger partial charge is 0.106 e. The number of halogens is 1. The Hall–Kier alpha value is 0.600. The molecule has 0 radical (unpaired) electrons. The van der Waals surface area contributed by atoms with Crippen LogP contribution in [0.5, 0.6) is 0 Å². The Morgan fingerprint density at radius 2 is 2.50 bits per heavy atom. The lowest BCUT2D eigenvalue weighted by molar-refractivity contribution is 0.420. The van der Waals surface area contributed by atoms with Crippen LogP contribution in [0.4, 0.5) is 0 Å². The number of rotatable bonds is 1. The Morgan fingerprint density at radius 1 is 2.00 bits per heavy atom. The van der Waals surface area contributed by atoms with Gasteiger partial charge in [-0.15, -0.1) is 11.6 Å². The Kier molecular flexibility index (Phi) is 1.27. The summed E-state index contributed by atoms with van der Waals surface area (Å²) in [6.07, 6.45) is 0.231. The summed E-state index contributed by atoms with van der Waals surface area (Å²) in [5, 5.41) is 0. The molecule has 6 heavy (non-hydrogen) atoms. The van der Waals surface area contributed by atoms with Crippen LogP contribution in [0.2, 0.25) is 0 Å². The first-order valence-corrected chi connectivity index (χ1v) is 2.70. The molecule has 2 atom stereocenters. The van der Waals surface area contributed by atoms with Crippen LogP contribution in [0.3, 0.4) is 0 Å². The summed E-state index contributed by atoms with van der Waals surface area (Å²) in [5.74, 6) is 0. The Labute approximate surface area is 47.0 Å². The van der Waals surface area contributed by atoms with Crippen LogP contribution < -0.4 is 0 Å². The zero-order chi connectivity index (χ0) is 4.57. The van der Waals surface area contributed by atoms with Gasteiger partial charge in [0.25, 0.3) is 0 Å². The Bertz CT molecular complexity index is 52.8. The lowest BCUT2D eigenvalue weighted by Crippen LogP contribution is -1.94. The van der Waals surface area contributed by atoms with E-state index in [1.54, 1.807) is 0 Å². The second-order valence-corrected chi connectivity index (χ2v) is 2.58. The van der Waals surface area contributed by atoms with E-state index in [0.717, 1.165) is 6.61 Å². The summed E-state index contributed by atoms with van der Waals surface area (Å²) in [6, 6.07) is 0. The molecule has 1 aliphatic heterocycles. The van der Waals surface area contributed by atoms with Gasteiger partial charge in [-0.05, 0) is 0 Å². The molecule has 1 heterocycles. The van der Waals surface area contributed by atoms with E-state index in [1.165, 1.54) is 0 Å². The van der Waals surface area contributed by atoms with Crippen molar-refractivity contribution >= 4 is 24.2 Å². The Balaban J connectivity index is 2.13. The molecule has 1 nitrogen and oxygen atoms in total. The van der Waals surface area contributed by atoms with Crippen molar-refractivity contribution in [1.82, 2.24) is 0 Å². The molecule has 0 aromatic heterocycles. The lowest BCUT2D eigenvalue weighted by atomic mass is 10.6. The van der Waals surface area contributed by atoms with Gasteiger partial charge in [0.05, 0.1) is 6.61 Å². The summed E-state index contributed by atoms with van der Waals surface area (Å²) in [7, 11) is 0. The van der Waals surface area contributed by atoms with Crippen molar-refractivity contribution in [3.05, 3.63) is 0 Å². The predicted molar refractivity (Wildman–Crippen MR) is 28.4 cm³/mol. The van der Waals surface area contributed by atoms with Gasteiger partial charge in [0, 0.05) is 0 Å². The SMILES string of the molecule is SC(Cl)C1CO1. The molecule has 36 valence electrons. The molecule has 0 N–H and O–H groups in total. The third kappa shape index (κ3) is 1.03. The fraction of sp³-hybridized carbons (Fsp3) is 1.00. The van der Waals surface area contributed by atoms with Gasteiger partial charge in [0.2, 0.25) is 0 Å². The molecule has 1 aliphatic rings. The van der Waals surface area contributed by atoms with E-state index in [0.29, 0.717) is 0 Å². The zero-order valence-corrected chi connectivity index (χ0v) is 4.75. The van der Waals surface area contributed by atoms with Crippen molar-refractivity contribution < 1.29 is 4.74 Å². The molecule has 0 aliphatic carbocycles. The standard InChI is InChI=1S/C3H5ClOS/c4-3(6)2-1-5-2/h2-3,6H,1H2. The normalized spacial score (nSPS) is 36.0. The number of ether oxygens (including phenoxy) is 1. The van der Waals surface area contributed by atoms with E-state index in [1.807, 2.05) is 0 Å². The van der Waals surface area contributed by atoms with Gasteiger partial charge in [-0.25, -0.2) is 0 Å². The third-order valence-electron chi connectivity index (χ3n) is 0.666. The molecule has 0 amide bonds. The molecular formula is C3H5ClOS. The number of alkyl halides is 1. The number of epoxide rings is 1. The number of thiol groups is 1. The topological polar surface area (TPSA) is 12.5 Å². The van der Waals surface area contributed by atoms with Crippen molar-refractivity contribution in [1.29, 1.82) is 0 Å². The van der Waals surface area contributed by atoms with E-state index < -0.39 is 0 Å². The highest BCUT2D eigenvalue weighted by atomic mass is 35.5. The first kappa shape index (κ1) is 4.75. The van der Waals surface area contributed by atoms with E-state index in [4.69, 9.17) is 16.3 Å². The molecule has 0 saturated carbocycles. The van der Waals surface area contributed by atoms with Crippen molar-refractivity contribution in [2.45, 2.75) is 10.8 Å². The predicted octanol–water partition coefficient (Wildman–Crippen LogP) is 0.880. The lowest BCUT2D eigenvalue weighted by Gasteiger charge is -1.87. The third-order valence-corrected chi connectivity index (χ3v) is 1.28. The maximum atomic E-state index is 5.41. The average Bonchev–Trinajstić information content (AvgIpc) is 2.06. The molecule has 0 bridgehead atoms. The molecule has 0 spiro atoms. The molecule has 2 unspecified atom stereocenters. The first-order valence-electron chi connectivity index (χ1n) is 1.74. The van der Waals surface area contributed by atoms with Crippen LogP contribution >= 0.6 is 24.2 Å². The average molecular weight is 125 g/mol. The first-order chi connectivity index (χ1) is 2.80. The highest BCUT2D eigenvalue weighted by Crippen LogP contribution is 2.20. The molecular weight excluding hydrogens is 120 g/mol. The molecule has 1 fully saturated rings. The second kappa shape index (κ2) is 1.60. The molecule has 1 rings (SSSR count). The Morgan fingerprint density at radius 3 is 2.50 bits per heavy atom. The molecule has 1 saturated heterocycles. The number of hydrogen-bond donors (Lipinski definition) is 1. The minimum atomic E-state index is -0.0926. The van der Waals surface area contributed by atoms with Gasteiger partial charge in [-0.3, -0.25) is 0 Å². The van der Waals surface area contributed by atoms with Crippen molar-refractivity contribution in [3.63, 3.8) is 0 Å². The van der Waals surface area contributed by atoms with E-state index >= 15 is 0 Å². The van der Waals surface area contributed by atoms with Gasteiger partial charge in [-0.1, -0.05) is 0 Å². The largest absolute Gasteiger partial charge is 0.371 e. The monoisotopic (exact) mass is 124 g/mol. The maximum absolute atomic E-state index is 5.41. The molecule has 0 aromatic rings. The summed E-state index contributed by atoms with van der Waals surface area (Å²) in [5.41, 5.74) is 0. The second-order valence-electron chi connectivity index (χ2n) is 1.24. The van der Waals surface area contributed by atoms with Gasteiger partial charge in [-0.2, -0.15) is 12.6 Å². The minimum Gasteiger partial charge on any atom is -0.371 e. The highest BCUT2D eigenvalue weighted by molar-refractivity contribution is 7.82. The van der Waals surface area contributed by atoms with Crippen LogP contribution in [0, 0.1) is 0 Å². The summed E-state index contributed by atoms with van der Waals surface area (Å²) >= 11 is 9.31. The van der Waals surface area contributed by atoms with Gasteiger partial charge >= 0.3 is 0 Å². The van der Waals surface area contributed by atoms with Gasteiger partial charge < -0.3 is 4.74 Å². The quantitative estimate of drug-likeness (QED) is 0.311. The maximum Gasteiger partial charge on any atom is 0.106 e. The van der Waals surface area contributed by atoms with E-state index in [2.05, 4.69) is 12.6 Å². The van der Waals surface area contributed by atoms with E-state index in [9.17, 15) is 0 Å². The summed E-state index contributed by atoms with van der Waals surface area (Å²) in [4.78, 5) is 0.